The number of hydrogen-bond acceptors (Lipinski definition) is 2. The summed E-state index contributed by atoms with van der Waals surface area (Å²) in [6.45, 7) is 0. The zero-order chi connectivity index (χ0) is 9.35. The summed E-state index contributed by atoms with van der Waals surface area (Å²) in [5, 5.41) is 8.73. The number of halogens is 3. The van der Waals surface area contributed by atoms with Crippen LogP contribution in [-0.4, -0.2) is 23.2 Å². The molecule has 0 heterocycles. The Labute approximate surface area is 66.0 Å². The predicted molar refractivity (Wildman–Crippen MR) is 34.3 cm³/mol. The van der Waals surface area contributed by atoms with E-state index in [4.69, 9.17) is 5.11 Å². The first kappa shape index (κ1) is 8.99. The molecule has 1 N–H and O–H groups in total. The van der Waals surface area contributed by atoms with E-state index in [2.05, 4.69) is 0 Å². The monoisotopic (exact) mass is 178 g/mol. The average Bonchev–Trinajstić information content (AvgIpc) is 1.92. The van der Waals surface area contributed by atoms with Crippen LogP contribution in [0.3, 0.4) is 0 Å². The van der Waals surface area contributed by atoms with Crippen molar-refractivity contribution in [1.29, 1.82) is 0 Å². The lowest BCUT2D eigenvalue weighted by molar-refractivity contribution is -0.134. The Morgan fingerprint density at radius 2 is 2.00 bits per heavy atom. The number of aliphatic hydroxyl groups is 1. The maximum Gasteiger partial charge on any atom is 0.419 e. The van der Waals surface area contributed by atoms with Gasteiger partial charge in [0.2, 0.25) is 0 Å². The maximum atomic E-state index is 11.9. The number of aliphatic hydroxyl groups excluding tert-OH is 1. The number of allylic oxidation sites excluding steroid dienone is 2. The van der Waals surface area contributed by atoms with Crippen molar-refractivity contribution >= 4 is 5.78 Å². The summed E-state index contributed by atoms with van der Waals surface area (Å²) in [5.74, 6) is -1.30. The molecule has 0 bridgehead atoms. The highest BCUT2D eigenvalue weighted by atomic mass is 19.4. The van der Waals surface area contributed by atoms with Crippen molar-refractivity contribution < 1.29 is 23.1 Å². The molecule has 0 aliphatic heterocycles. The van der Waals surface area contributed by atoms with Crippen LogP contribution in [-0.2, 0) is 4.79 Å². The van der Waals surface area contributed by atoms with E-state index in [0.29, 0.717) is 6.08 Å². The topological polar surface area (TPSA) is 37.3 Å². The number of Topliss-reactive ketones (excluding diaryl/α,β-unsaturated/α-hetero) is 1. The first-order chi connectivity index (χ1) is 5.43. The highest BCUT2D eigenvalue weighted by molar-refractivity contribution is 6.02. The fourth-order valence-electron chi connectivity index (χ4n) is 0.820. The molecule has 1 aliphatic carbocycles. The van der Waals surface area contributed by atoms with Gasteiger partial charge in [-0.05, 0) is 12.2 Å². The molecular weight excluding hydrogens is 173 g/mol. The molecule has 1 atom stereocenters. The molecule has 0 saturated heterocycles. The molecule has 0 spiro atoms. The molecule has 66 valence electrons. The third kappa shape index (κ3) is 1.55. The average molecular weight is 178 g/mol. The van der Waals surface area contributed by atoms with Gasteiger partial charge in [-0.25, -0.2) is 0 Å². The van der Waals surface area contributed by atoms with Crippen molar-refractivity contribution in [3.05, 3.63) is 23.8 Å². The molecule has 12 heavy (non-hydrogen) atoms. The predicted octanol–water partition coefficient (Wildman–Crippen LogP) is 0.975. The highest BCUT2D eigenvalue weighted by Crippen LogP contribution is 2.28. The van der Waals surface area contributed by atoms with E-state index in [1.54, 1.807) is 0 Å². The minimum absolute atomic E-state index is 0.648. The Morgan fingerprint density at radius 1 is 1.42 bits per heavy atom. The molecule has 0 amide bonds. The van der Waals surface area contributed by atoms with E-state index in [1.165, 1.54) is 0 Å². The van der Waals surface area contributed by atoms with Gasteiger partial charge >= 0.3 is 6.18 Å². The van der Waals surface area contributed by atoms with Crippen LogP contribution in [0.2, 0.25) is 0 Å². The molecule has 0 saturated carbocycles. The molecule has 0 aromatic heterocycles. The lowest BCUT2D eigenvalue weighted by Crippen LogP contribution is -2.30. The fourth-order valence-corrected chi connectivity index (χ4v) is 0.820. The molecule has 1 aliphatic rings. The van der Waals surface area contributed by atoms with Crippen molar-refractivity contribution in [2.45, 2.75) is 12.3 Å². The van der Waals surface area contributed by atoms with E-state index in [1.807, 2.05) is 0 Å². The number of carbonyl (C=O) groups excluding carboxylic acids is 1. The number of hydrogen-bond donors (Lipinski definition) is 1. The summed E-state index contributed by atoms with van der Waals surface area (Å²) >= 11 is 0. The van der Waals surface area contributed by atoms with Crippen LogP contribution in [0.25, 0.3) is 0 Å². The Morgan fingerprint density at radius 3 is 2.42 bits per heavy atom. The third-order valence-corrected chi connectivity index (χ3v) is 1.40. The van der Waals surface area contributed by atoms with Gasteiger partial charge in [0.1, 0.15) is 11.7 Å². The Balaban J connectivity index is 2.99. The summed E-state index contributed by atoms with van der Waals surface area (Å²) in [5.41, 5.74) is -1.31. The molecule has 0 aromatic carbocycles. The highest BCUT2D eigenvalue weighted by Gasteiger charge is 2.40. The minimum Gasteiger partial charge on any atom is -0.381 e. The smallest absolute Gasteiger partial charge is 0.381 e. The third-order valence-electron chi connectivity index (χ3n) is 1.40. The normalized spacial score (nSPS) is 24.2. The summed E-state index contributed by atoms with van der Waals surface area (Å²) in [6.07, 6.45) is -3.68. The quantitative estimate of drug-likeness (QED) is 0.600. The second-order valence-electron chi connectivity index (χ2n) is 2.27. The SMILES string of the molecule is O=C1C(C(F)(F)F)=CC=CC1O. The Kier molecular flexibility index (Phi) is 2.06. The van der Waals surface area contributed by atoms with E-state index in [9.17, 15) is 18.0 Å². The lowest BCUT2D eigenvalue weighted by Gasteiger charge is -2.14. The van der Waals surface area contributed by atoms with Gasteiger partial charge in [0.15, 0.2) is 5.78 Å². The van der Waals surface area contributed by atoms with E-state index in [-0.39, 0.29) is 0 Å². The van der Waals surface area contributed by atoms with Crippen molar-refractivity contribution in [1.82, 2.24) is 0 Å². The largest absolute Gasteiger partial charge is 0.419 e. The van der Waals surface area contributed by atoms with E-state index in [0.717, 1.165) is 12.2 Å². The van der Waals surface area contributed by atoms with Crippen LogP contribution in [0.5, 0.6) is 0 Å². The van der Waals surface area contributed by atoms with Crippen LogP contribution in [0.15, 0.2) is 23.8 Å². The molecule has 0 radical (unpaired) electrons. The number of alkyl halides is 3. The van der Waals surface area contributed by atoms with Gasteiger partial charge in [-0.2, -0.15) is 13.2 Å². The van der Waals surface area contributed by atoms with Gasteiger partial charge in [-0.3, -0.25) is 4.79 Å². The number of rotatable bonds is 0. The lowest BCUT2D eigenvalue weighted by atomic mass is 10.0. The molecule has 5 heteroatoms. The summed E-state index contributed by atoms with van der Waals surface area (Å²) in [7, 11) is 0. The van der Waals surface area contributed by atoms with Crippen LogP contribution < -0.4 is 0 Å². The zero-order valence-corrected chi connectivity index (χ0v) is 5.80. The molecule has 1 unspecified atom stereocenters. The van der Waals surface area contributed by atoms with Crippen LogP contribution in [0, 0.1) is 0 Å². The molecule has 0 aromatic rings. The molecular formula is C7H5F3O2. The number of carbonyl (C=O) groups is 1. The standard InChI is InChI=1S/C7H5F3O2/c8-7(9,10)4-2-1-3-5(11)6(4)12/h1-3,5,11H. The molecule has 2 nitrogen and oxygen atoms in total. The van der Waals surface area contributed by atoms with Crippen molar-refractivity contribution in [3.63, 3.8) is 0 Å². The van der Waals surface area contributed by atoms with Crippen molar-refractivity contribution in [2.24, 2.45) is 0 Å². The second kappa shape index (κ2) is 2.75. The Bertz CT molecular complexity index is 262. The minimum atomic E-state index is -4.68. The van der Waals surface area contributed by atoms with E-state index < -0.39 is 23.6 Å². The Hall–Kier alpha value is -1.10. The second-order valence-corrected chi connectivity index (χ2v) is 2.27. The van der Waals surface area contributed by atoms with Gasteiger partial charge < -0.3 is 5.11 Å². The first-order valence-corrected chi connectivity index (χ1v) is 3.11. The van der Waals surface area contributed by atoms with Crippen LogP contribution in [0.4, 0.5) is 13.2 Å². The number of ketones is 1. The van der Waals surface area contributed by atoms with Crippen LogP contribution in [0.1, 0.15) is 0 Å². The van der Waals surface area contributed by atoms with E-state index >= 15 is 0 Å². The zero-order valence-electron chi connectivity index (χ0n) is 5.80. The van der Waals surface area contributed by atoms with Crippen molar-refractivity contribution in [2.75, 3.05) is 0 Å². The first-order valence-electron chi connectivity index (χ1n) is 3.11. The summed E-state index contributed by atoms with van der Waals surface area (Å²) < 4.78 is 35.8. The van der Waals surface area contributed by atoms with Gasteiger partial charge in [0.25, 0.3) is 0 Å². The van der Waals surface area contributed by atoms with Crippen LogP contribution >= 0.6 is 0 Å². The molecule has 0 fully saturated rings. The van der Waals surface area contributed by atoms with Gasteiger partial charge in [-0.1, -0.05) is 6.08 Å². The van der Waals surface area contributed by atoms with Gasteiger partial charge in [-0.15, -0.1) is 0 Å². The summed E-state index contributed by atoms with van der Waals surface area (Å²) in [4.78, 5) is 10.7. The maximum absolute atomic E-state index is 11.9. The van der Waals surface area contributed by atoms with Crippen molar-refractivity contribution in [3.8, 4) is 0 Å². The van der Waals surface area contributed by atoms with Gasteiger partial charge in [0.05, 0.1) is 0 Å². The molecule has 1 rings (SSSR count). The fraction of sp³-hybridized carbons (Fsp3) is 0.286. The summed E-state index contributed by atoms with van der Waals surface area (Å²) in [6, 6.07) is 0. The van der Waals surface area contributed by atoms with Gasteiger partial charge in [0, 0.05) is 0 Å².